The molecule has 1 aliphatic rings. The quantitative estimate of drug-likeness (QED) is 0.797. The number of carbonyl (C=O) groups excluding carboxylic acids is 2. The van der Waals surface area contributed by atoms with Crippen molar-refractivity contribution in [2.75, 3.05) is 5.01 Å². The molecule has 1 aliphatic heterocycles. The van der Waals surface area contributed by atoms with Crippen LogP contribution < -0.4 is 5.01 Å². The molecule has 1 aromatic carbocycles. The third-order valence-electron chi connectivity index (χ3n) is 3.38. The van der Waals surface area contributed by atoms with Gasteiger partial charge in [-0.3, -0.25) is 14.5 Å². The van der Waals surface area contributed by atoms with E-state index < -0.39 is 23.8 Å². The first kappa shape index (κ1) is 16.2. The second-order valence-corrected chi connectivity index (χ2v) is 5.81. The Hall–Kier alpha value is -2.68. The first-order valence-corrected chi connectivity index (χ1v) is 7.62. The molecule has 9 heteroatoms. The molecule has 0 fully saturated rings. The van der Waals surface area contributed by atoms with Crippen LogP contribution in [0.15, 0.2) is 46.9 Å². The van der Waals surface area contributed by atoms with Crippen molar-refractivity contribution in [3.05, 3.63) is 52.2 Å². The van der Waals surface area contributed by atoms with E-state index in [-0.39, 0.29) is 5.69 Å². The molecule has 2 aromatic rings. The summed E-state index contributed by atoms with van der Waals surface area (Å²) in [6, 6.07) is 7.52. The van der Waals surface area contributed by atoms with Gasteiger partial charge in [0, 0.05) is 0 Å². The van der Waals surface area contributed by atoms with Gasteiger partial charge in [0.25, 0.3) is 5.91 Å². The fraction of sp³-hybridized carbons (Fsp3) is 0.133. The number of carbonyl (C=O) groups is 2. The number of aldehydes is 1. The van der Waals surface area contributed by atoms with E-state index in [1.165, 1.54) is 34.8 Å². The van der Waals surface area contributed by atoms with E-state index in [1.807, 2.05) is 0 Å². The number of amides is 1. The highest BCUT2D eigenvalue weighted by Crippen LogP contribution is 2.31. The summed E-state index contributed by atoms with van der Waals surface area (Å²) in [4.78, 5) is 25.3. The molecule has 0 N–H and O–H groups in total. The first-order chi connectivity index (χ1) is 11.4. The van der Waals surface area contributed by atoms with Crippen LogP contribution in [0.4, 0.5) is 18.9 Å². The van der Waals surface area contributed by atoms with Crippen LogP contribution >= 0.6 is 11.3 Å². The summed E-state index contributed by atoms with van der Waals surface area (Å²) in [6.45, 7) is 0. The van der Waals surface area contributed by atoms with Gasteiger partial charge in [-0.15, -0.1) is 11.3 Å². The number of rotatable bonds is 3. The second-order valence-electron chi connectivity index (χ2n) is 4.86. The van der Waals surface area contributed by atoms with Gasteiger partial charge in [-0.1, -0.05) is 6.07 Å². The molecule has 0 spiro atoms. The molecule has 0 bridgehead atoms. The van der Waals surface area contributed by atoms with Gasteiger partial charge in [0.1, 0.15) is 6.34 Å². The van der Waals surface area contributed by atoms with Crippen molar-refractivity contribution in [1.82, 2.24) is 4.90 Å². The Morgan fingerprint density at radius 1 is 1.21 bits per heavy atom. The minimum Gasteiger partial charge on any atom is -0.299 e. The van der Waals surface area contributed by atoms with E-state index in [9.17, 15) is 22.8 Å². The predicted octanol–water partition coefficient (Wildman–Crippen LogP) is 3.20. The Kier molecular flexibility index (Phi) is 4.10. The molecule has 24 heavy (non-hydrogen) atoms. The zero-order valence-electron chi connectivity index (χ0n) is 12.0. The van der Waals surface area contributed by atoms with Gasteiger partial charge >= 0.3 is 6.18 Å². The summed E-state index contributed by atoms with van der Waals surface area (Å²) in [5.74, 6) is -0.403. The monoisotopic (exact) mass is 353 g/mol. The summed E-state index contributed by atoms with van der Waals surface area (Å²) < 4.78 is 37.8. The Labute approximate surface area is 138 Å². The van der Waals surface area contributed by atoms with Crippen LogP contribution in [0, 0.1) is 0 Å². The number of anilines is 1. The maximum Gasteiger partial charge on any atom is 0.416 e. The fourth-order valence-electron chi connectivity index (χ4n) is 2.21. The van der Waals surface area contributed by atoms with Crippen molar-refractivity contribution in [1.29, 1.82) is 0 Å². The van der Waals surface area contributed by atoms with Gasteiger partial charge in [0.05, 0.1) is 16.1 Å². The molecule has 0 saturated carbocycles. The lowest BCUT2D eigenvalue weighted by Gasteiger charge is -2.24. The van der Waals surface area contributed by atoms with E-state index in [0.29, 0.717) is 11.2 Å². The molecule has 0 aliphatic carbocycles. The van der Waals surface area contributed by atoms with Crippen molar-refractivity contribution in [3.63, 3.8) is 0 Å². The van der Waals surface area contributed by atoms with Crippen LogP contribution in [-0.4, -0.2) is 29.6 Å². The SMILES string of the molecule is O=CC1N(C(=O)c2cccs2)C=NN1c1ccc(C(F)(F)F)cc1. The zero-order valence-corrected chi connectivity index (χ0v) is 12.8. The Morgan fingerprint density at radius 2 is 1.92 bits per heavy atom. The number of nitrogens with zero attached hydrogens (tertiary/aromatic N) is 3. The molecule has 3 rings (SSSR count). The molecule has 1 amide bonds. The molecule has 5 nitrogen and oxygen atoms in total. The highest BCUT2D eigenvalue weighted by Gasteiger charge is 2.35. The third-order valence-corrected chi connectivity index (χ3v) is 4.24. The maximum absolute atomic E-state index is 12.6. The standard InChI is InChI=1S/C15H10F3N3O2S/c16-15(17,18)10-3-5-11(6-4-10)21-13(8-22)20(9-19-21)14(23)12-2-1-7-24-12/h1-9,13H. The topological polar surface area (TPSA) is 53.0 Å². The lowest BCUT2D eigenvalue weighted by molar-refractivity contribution is -0.137. The summed E-state index contributed by atoms with van der Waals surface area (Å²) in [6.07, 6.45) is -3.79. The summed E-state index contributed by atoms with van der Waals surface area (Å²) >= 11 is 1.22. The van der Waals surface area contributed by atoms with Gasteiger partial charge in [-0.25, -0.2) is 5.01 Å². The van der Waals surface area contributed by atoms with Crippen LogP contribution in [0.2, 0.25) is 0 Å². The molecule has 1 unspecified atom stereocenters. The van der Waals surface area contributed by atoms with Crippen molar-refractivity contribution in [2.24, 2.45) is 5.10 Å². The zero-order chi connectivity index (χ0) is 17.3. The number of hydrazone groups is 1. The van der Waals surface area contributed by atoms with E-state index >= 15 is 0 Å². The van der Waals surface area contributed by atoms with Crippen LogP contribution in [0.1, 0.15) is 15.2 Å². The van der Waals surface area contributed by atoms with Gasteiger partial charge in [-0.05, 0) is 35.7 Å². The summed E-state index contributed by atoms with van der Waals surface area (Å²) in [7, 11) is 0. The van der Waals surface area contributed by atoms with Crippen molar-refractivity contribution in [2.45, 2.75) is 12.3 Å². The Morgan fingerprint density at radius 3 is 2.46 bits per heavy atom. The minimum atomic E-state index is -4.45. The van der Waals surface area contributed by atoms with Crippen LogP contribution in [-0.2, 0) is 11.0 Å². The lowest BCUT2D eigenvalue weighted by Crippen LogP contribution is -2.44. The first-order valence-electron chi connectivity index (χ1n) is 6.74. The Bertz CT molecular complexity index is 772. The van der Waals surface area contributed by atoms with E-state index in [1.54, 1.807) is 17.5 Å². The van der Waals surface area contributed by atoms with Crippen LogP contribution in [0.3, 0.4) is 0 Å². The number of alkyl halides is 3. The molecular weight excluding hydrogens is 343 g/mol. The number of benzene rings is 1. The molecule has 1 atom stereocenters. The second kappa shape index (κ2) is 6.08. The summed E-state index contributed by atoms with van der Waals surface area (Å²) in [5, 5.41) is 6.89. The normalized spacial score (nSPS) is 17.4. The molecule has 0 radical (unpaired) electrons. The maximum atomic E-state index is 12.6. The van der Waals surface area contributed by atoms with Gasteiger partial charge in [0.15, 0.2) is 12.5 Å². The third kappa shape index (κ3) is 2.90. The van der Waals surface area contributed by atoms with Gasteiger partial charge in [-0.2, -0.15) is 18.3 Å². The molecule has 0 saturated heterocycles. The number of thiophene rings is 1. The van der Waals surface area contributed by atoms with Gasteiger partial charge < -0.3 is 0 Å². The minimum absolute atomic E-state index is 0.276. The highest BCUT2D eigenvalue weighted by atomic mass is 32.1. The predicted molar refractivity (Wildman–Crippen MR) is 82.8 cm³/mol. The van der Waals surface area contributed by atoms with E-state index in [4.69, 9.17) is 0 Å². The molecule has 1 aromatic heterocycles. The van der Waals surface area contributed by atoms with Crippen molar-refractivity contribution < 1.29 is 22.8 Å². The lowest BCUT2D eigenvalue weighted by atomic mass is 10.2. The van der Waals surface area contributed by atoms with Crippen molar-refractivity contribution in [3.8, 4) is 0 Å². The largest absolute Gasteiger partial charge is 0.416 e. The summed E-state index contributed by atoms with van der Waals surface area (Å²) in [5.41, 5.74) is -0.526. The van der Waals surface area contributed by atoms with Crippen LogP contribution in [0.5, 0.6) is 0 Å². The van der Waals surface area contributed by atoms with E-state index in [2.05, 4.69) is 5.10 Å². The number of hydrogen-bond acceptors (Lipinski definition) is 5. The molecule has 124 valence electrons. The number of hydrogen-bond donors (Lipinski definition) is 0. The fourth-order valence-corrected chi connectivity index (χ4v) is 2.88. The average molecular weight is 353 g/mol. The molecule has 2 heterocycles. The van der Waals surface area contributed by atoms with Crippen LogP contribution in [0.25, 0.3) is 0 Å². The average Bonchev–Trinajstić information content (AvgIpc) is 3.23. The Balaban J connectivity index is 1.84. The number of halogens is 3. The molecular formula is C15H10F3N3O2S. The van der Waals surface area contributed by atoms with E-state index in [0.717, 1.165) is 17.0 Å². The highest BCUT2D eigenvalue weighted by molar-refractivity contribution is 7.12. The van der Waals surface area contributed by atoms with Crippen molar-refractivity contribution >= 4 is 35.6 Å². The van der Waals surface area contributed by atoms with Gasteiger partial charge in [0.2, 0.25) is 0 Å². The smallest absolute Gasteiger partial charge is 0.299 e.